The molecular weight excluding hydrogens is 341 g/mol. The highest BCUT2D eigenvalue weighted by atomic mass is 35.7. The first kappa shape index (κ1) is 16.7. The summed E-state index contributed by atoms with van der Waals surface area (Å²) in [6, 6.07) is 6.67. The molecule has 23 heavy (non-hydrogen) atoms. The average Bonchev–Trinajstić information content (AvgIpc) is 3.08. The molecule has 7 heteroatoms. The number of halogens is 2. The van der Waals surface area contributed by atoms with E-state index in [-0.39, 0.29) is 24.7 Å². The molecule has 1 atom stereocenters. The van der Waals surface area contributed by atoms with Gasteiger partial charge in [0.05, 0.1) is 0 Å². The number of nitrogens with zero attached hydrogens (tertiary/aromatic N) is 1. The van der Waals surface area contributed by atoms with Gasteiger partial charge in [-0.2, -0.15) is 0 Å². The van der Waals surface area contributed by atoms with Crippen molar-refractivity contribution in [1.29, 1.82) is 0 Å². The first-order valence-electron chi connectivity index (χ1n) is 7.78. The van der Waals surface area contributed by atoms with E-state index >= 15 is 0 Å². The van der Waals surface area contributed by atoms with E-state index < -0.39 is 19.7 Å². The van der Waals surface area contributed by atoms with Crippen molar-refractivity contribution in [3.05, 3.63) is 35.6 Å². The third-order valence-corrected chi connectivity index (χ3v) is 6.94. The van der Waals surface area contributed by atoms with Gasteiger partial charge in [0.2, 0.25) is 15.0 Å². The van der Waals surface area contributed by atoms with Crippen molar-refractivity contribution in [3.8, 4) is 0 Å². The Balaban J connectivity index is 1.87. The second-order valence-corrected chi connectivity index (χ2v) is 9.45. The molecule has 1 aromatic rings. The van der Waals surface area contributed by atoms with Crippen LogP contribution in [0.1, 0.15) is 37.7 Å². The van der Waals surface area contributed by atoms with Crippen LogP contribution in [0.2, 0.25) is 0 Å². The number of rotatable bonds is 4. The third-order valence-electron chi connectivity index (χ3n) is 5.08. The van der Waals surface area contributed by atoms with Crippen LogP contribution in [0.4, 0.5) is 4.39 Å². The Kier molecular flexibility index (Phi) is 4.40. The minimum Gasteiger partial charge on any atom is -0.340 e. The standard InChI is InChI=1S/C16H19ClFNO3S/c17-23(21,22)12-9-15(20)19(10-12)11-16(7-3-4-8-16)13-5-1-2-6-14(13)18/h1-2,5-6,12H,3-4,7-11H2. The van der Waals surface area contributed by atoms with Gasteiger partial charge >= 0.3 is 0 Å². The largest absolute Gasteiger partial charge is 0.340 e. The molecule has 1 amide bonds. The highest BCUT2D eigenvalue weighted by Gasteiger charge is 2.44. The van der Waals surface area contributed by atoms with E-state index in [4.69, 9.17) is 10.7 Å². The van der Waals surface area contributed by atoms with Crippen molar-refractivity contribution in [2.24, 2.45) is 0 Å². The van der Waals surface area contributed by atoms with Crippen LogP contribution in [0.3, 0.4) is 0 Å². The molecule has 0 N–H and O–H groups in total. The normalized spacial score (nSPS) is 24.3. The van der Waals surface area contributed by atoms with Crippen LogP contribution in [-0.4, -0.2) is 37.6 Å². The maximum atomic E-state index is 14.3. The molecule has 1 aliphatic heterocycles. The zero-order chi connectivity index (χ0) is 16.7. The van der Waals surface area contributed by atoms with E-state index in [1.54, 1.807) is 23.1 Å². The summed E-state index contributed by atoms with van der Waals surface area (Å²) < 4.78 is 37.3. The zero-order valence-corrected chi connectivity index (χ0v) is 14.2. The quantitative estimate of drug-likeness (QED) is 0.777. The molecule has 2 fully saturated rings. The van der Waals surface area contributed by atoms with E-state index in [0.29, 0.717) is 12.1 Å². The highest BCUT2D eigenvalue weighted by molar-refractivity contribution is 8.14. The summed E-state index contributed by atoms with van der Waals surface area (Å²) in [5.41, 5.74) is 0.203. The monoisotopic (exact) mass is 359 g/mol. The number of amides is 1. The summed E-state index contributed by atoms with van der Waals surface area (Å²) in [5, 5.41) is -0.865. The van der Waals surface area contributed by atoms with Gasteiger partial charge in [0.1, 0.15) is 11.1 Å². The number of carbonyl (C=O) groups is 1. The van der Waals surface area contributed by atoms with Crippen LogP contribution < -0.4 is 0 Å². The molecule has 1 unspecified atom stereocenters. The van der Waals surface area contributed by atoms with Crippen molar-refractivity contribution in [1.82, 2.24) is 4.90 Å². The Hall–Kier alpha value is -1.14. The predicted octanol–water partition coefficient (Wildman–Crippen LogP) is 2.81. The van der Waals surface area contributed by atoms with Crippen LogP contribution in [0, 0.1) is 5.82 Å². The lowest BCUT2D eigenvalue weighted by Gasteiger charge is -2.34. The lowest BCUT2D eigenvalue weighted by molar-refractivity contribution is -0.128. The van der Waals surface area contributed by atoms with E-state index in [1.807, 2.05) is 0 Å². The lowest BCUT2D eigenvalue weighted by Crippen LogP contribution is -2.41. The molecule has 2 aliphatic rings. The maximum Gasteiger partial charge on any atom is 0.237 e. The molecule has 3 rings (SSSR count). The fourth-order valence-corrected chi connectivity index (χ4v) is 4.96. The van der Waals surface area contributed by atoms with Gasteiger partial charge in [-0.3, -0.25) is 4.79 Å². The van der Waals surface area contributed by atoms with Crippen LogP contribution >= 0.6 is 10.7 Å². The van der Waals surface area contributed by atoms with Gasteiger partial charge in [-0.15, -0.1) is 0 Å². The Morgan fingerprint density at radius 2 is 1.91 bits per heavy atom. The fourth-order valence-electron chi connectivity index (χ4n) is 3.90. The molecule has 0 aromatic heterocycles. The van der Waals surface area contributed by atoms with Gasteiger partial charge in [0.15, 0.2) is 0 Å². The minimum atomic E-state index is -3.76. The number of hydrogen-bond donors (Lipinski definition) is 0. The van der Waals surface area contributed by atoms with Gasteiger partial charge in [-0.05, 0) is 24.5 Å². The number of hydrogen-bond acceptors (Lipinski definition) is 3. The Morgan fingerprint density at radius 3 is 2.48 bits per heavy atom. The molecule has 1 saturated heterocycles. The van der Waals surface area contributed by atoms with Crippen molar-refractivity contribution >= 4 is 25.6 Å². The highest BCUT2D eigenvalue weighted by Crippen LogP contribution is 2.43. The molecular formula is C16H19ClFNO3S. The lowest BCUT2D eigenvalue weighted by atomic mass is 9.78. The summed E-state index contributed by atoms with van der Waals surface area (Å²) in [7, 11) is 1.64. The second-order valence-electron chi connectivity index (χ2n) is 6.54. The molecule has 126 valence electrons. The van der Waals surface area contributed by atoms with Crippen LogP contribution in [0.5, 0.6) is 0 Å². The minimum absolute atomic E-state index is 0.0841. The van der Waals surface area contributed by atoms with Crippen molar-refractivity contribution in [3.63, 3.8) is 0 Å². The topological polar surface area (TPSA) is 54.5 Å². The van der Waals surface area contributed by atoms with E-state index in [0.717, 1.165) is 25.7 Å². The van der Waals surface area contributed by atoms with Gasteiger partial charge < -0.3 is 4.90 Å². The van der Waals surface area contributed by atoms with Crippen LogP contribution in [0.15, 0.2) is 24.3 Å². The SMILES string of the molecule is O=C1CC(S(=O)(=O)Cl)CN1CC1(c2ccccc2F)CCCC1. The third kappa shape index (κ3) is 3.24. The van der Waals surface area contributed by atoms with Crippen LogP contribution in [-0.2, 0) is 19.3 Å². The van der Waals surface area contributed by atoms with Gasteiger partial charge in [0.25, 0.3) is 0 Å². The Morgan fingerprint density at radius 1 is 1.26 bits per heavy atom. The molecule has 0 radical (unpaired) electrons. The summed E-state index contributed by atoms with van der Waals surface area (Å²) in [6.45, 7) is 0.455. The van der Waals surface area contributed by atoms with E-state index in [2.05, 4.69) is 0 Å². The molecule has 1 aliphatic carbocycles. The molecule has 1 saturated carbocycles. The number of likely N-dealkylation sites (tertiary alicyclic amines) is 1. The summed E-state index contributed by atoms with van der Waals surface area (Å²) in [5.74, 6) is -0.482. The predicted molar refractivity (Wildman–Crippen MR) is 86.3 cm³/mol. The molecule has 0 bridgehead atoms. The molecule has 1 aromatic carbocycles. The van der Waals surface area contributed by atoms with E-state index in [9.17, 15) is 17.6 Å². The summed E-state index contributed by atoms with van der Waals surface area (Å²) >= 11 is 0. The molecule has 0 spiro atoms. The molecule has 1 heterocycles. The molecule has 4 nitrogen and oxygen atoms in total. The Bertz CT molecular complexity index is 716. The van der Waals surface area contributed by atoms with Gasteiger partial charge in [-0.25, -0.2) is 12.8 Å². The van der Waals surface area contributed by atoms with Crippen molar-refractivity contribution in [2.45, 2.75) is 42.8 Å². The fraction of sp³-hybridized carbons (Fsp3) is 0.562. The smallest absolute Gasteiger partial charge is 0.237 e. The zero-order valence-electron chi connectivity index (χ0n) is 12.7. The van der Waals surface area contributed by atoms with Gasteiger partial charge in [-0.1, -0.05) is 31.0 Å². The van der Waals surface area contributed by atoms with Crippen molar-refractivity contribution in [2.75, 3.05) is 13.1 Å². The summed E-state index contributed by atoms with van der Waals surface area (Å²) in [6.07, 6.45) is 3.48. The number of carbonyl (C=O) groups excluding carboxylic acids is 1. The first-order chi connectivity index (χ1) is 10.8. The number of benzene rings is 1. The maximum absolute atomic E-state index is 14.3. The van der Waals surface area contributed by atoms with E-state index in [1.165, 1.54) is 6.07 Å². The summed E-state index contributed by atoms with van der Waals surface area (Å²) in [4.78, 5) is 13.7. The first-order valence-corrected chi connectivity index (χ1v) is 10.2. The van der Waals surface area contributed by atoms with Gasteiger partial charge in [0, 0.05) is 35.6 Å². The average molecular weight is 360 g/mol. The second kappa shape index (κ2) is 6.06. The van der Waals surface area contributed by atoms with Crippen LogP contribution in [0.25, 0.3) is 0 Å². The Labute approximate surface area is 140 Å². The van der Waals surface area contributed by atoms with Crippen molar-refractivity contribution < 1.29 is 17.6 Å².